The minimum absolute atomic E-state index is 0.0709. The van der Waals surface area contributed by atoms with Crippen LogP contribution in [0.15, 0.2) is 12.2 Å². The van der Waals surface area contributed by atoms with Crippen molar-refractivity contribution in [1.29, 1.82) is 0 Å². The predicted octanol–water partition coefficient (Wildman–Crippen LogP) is 3.67. The average molecular weight is 1260 g/mol. The quantitative estimate of drug-likeness (QED) is 0.0380. The van der Waals surface area contributed by atoms with Crippen LogP contribution in [0.2, 0.25) is 0 Å². The first kappa shape index (κ1) is 82.3. The van der Waals surface area contributed by atoms with E-state index in [9.17, 15) is 48.3 Å². The van der Waals surface area contributed by atoms with Crippen LogP contribution in [0.3, 0.4) is 0 Å². The molecule has 0 radical (unpaired) electrons. The van der Waals surface area contributed by atoms with Crippen LogP contribution >= 0.6 is 0 Å². The van der Waals surface area contributed by atoms with Crippen molar-refractivity contribution in [2.75, 3.05) is 55.9 Å². The van der Waals surface area contributed by atoms with E-state index in [2.05, 4.69) is 26.6 Å². The van der Waals surface area contributed by atoms with Gasteiger partial charge in [-0.25, -0.2) is 0 Å². The number of likely N-dealkylation sites (N-methyl/N-ethyl adjacent to an activating group) is 7. The number of nitrogens with one attached hydrogen (secondary N) is 5. The summed E-state index contributed by atoms with van der Waals surface area (Å²) in [7, 11) is 10.1. The summed E-state index contributed by atoms with van der Waals surface area (Å²) < 4.78 is 5.85. The molecule has 510 valence electrons. The molecule has 0 heterocycles. The minimum atomic E-state index is -1.58. The maximum absolute atomic E-state index is 15.2. The molecular formula is C64H115N11O14. The molecule has 0 saturated carbocycles. The third-order valence-electron chi connectivity index (χ3n) is 15.9. The summed E-state index contributed by atoms with van der Waals surface area (Å²) in [5.41, 5.74) is 0. The van der Waals surface area contributed by atoms with Crippen LogP contribution in [-0.2, 0) is 62.3 Å². The Bertz CT molecular complexity index is 2420. The van der Waals surface area contributed by atoms with E-state index in [1.165, 1.54) is 75.7 Å². The van der Waals surface area contributed by atoms with Gasteiger partial charge in [0.2, 0.25) is 59.1 Å². The van der Waals surface area contributed by atoms with Crippen molar-refractivity contribution >= 4 is 71.0 Å². The number of amides is 10. The third kappa shape index (κ3) is 25.3. The van der Waals surface area contributed by atoms with E-state index in [-0.39, 0.29) is 61.2 Å². The first-order chi connectivity index (χ1) is 41.1. The van der Waals surface area contributed by atoms with Crippen molar-refractivity contribution in [3.05, 3.63) is 12.2 Å². The van der Waals surface area contributed by atoms with Gasteiger partial charge in [0, 0.05) is 49.2 Å². The number of allylic oxidation sites excluding steroid dienone is 2. The Labute approximate surface area is 531 Å². The van der Waals surface area contributed by atoms with Gasteiger partial charge >= 0.3 is 11.9 Å². The van der Waals surface area contributed by atoms with Crippen LogP contribution in [0.25, 0.3) is 0 Å². The Kier molecular flexibility index (Phi) is 35.9. The zero-order valence-electron chi connectivity index (χ0n) is 58.4. The fourth-order valence-corrected chi connectivity index (χ4v) is 10.8. The summed E-state index contributed by atoms with van der Waals surface area (Å²) in [6, 6.07) is -11.5. The second-order valence-corrected chi connectivity index (χ2v) is 26.3. The molecule has 25 nitrogen and oxygen atoms in total. The molecule has 10 amide bonds. The van der Waals surface area contributed by atoms with Gasteiger partial charge in [-0.15, -0.1) is 0 Å². The van der Waals surface area contributed by atoms with Crippen molar-refractivity contribution in [1.82, 2.24) is 56.0 Å². The molecule has 89 heavy (non-hydrogen) atoms. The van der Waals surface area contributed by atoms with E-state index in [1.807, 2.05) is 55.4 Å². The molecule has 0 aromatic rings. The maximum atomic E-state index is 15.2. The number of carboxylic acid groups (broad SMARTS) is 1. The highest BCUT2D eigenvalue weighted by Gasteiger charge is 2.46. The number of hydrogen-bond donors (Lipinski definition) is 6. The minimum Gasteiger partial charge on any atom is -0.480 e. The average Bonchev–Trinajstić information content (AvgIpc) is 1.03. The number of hydrogen-bond acceptors (Lipinski definition) is 14. The summed E-state index contributed by atoms with van der Waals surface area (Å²) in [6.07, 6.45) is 3.56. The summed E-state index contributed by atoms with van der Waals surface area (Å²) in [4.78, 5) is 175. The lowest BCUT2D eigenvalue weighted by molar-refractivity contribution is -0.164. The molecule has 0 bridgehead atoms. The highest BCUT2D eigenvalue weighted by atomic mass is 16.5. The van der Waals surface area contributed by atoms with Crippen molar-refractivity contribution in [3.63, 3.8) is 0 Å². The van der Waals surface area contributed by atoms with Gasteiger partial charge < -0.3 is 65.8 Å². The van der Waals surface area contributed by atoms with Crippen LogP contribution in [0.5, 0.6) is 0 Å². The second-order valence-electron chi connectivity index (χ2n) is 26.3. The lowest BCUT2D eigenvalue weighted by Crippen LogP contribution is -2.64. The van der Waals surface area contributed by atoms with Crippen LogP contribution in [0.4, 0.5) is 0 Å². The molecule has 0 fully saturated rings. The summed E-state index contributed by atoms with van der Waals surface area (Å²) in [5.74, 6) is -10.5. The van der Waals surface area contributed by atoms with Gasteiger partial charge in [-0.05, 0) is 101 Å². The van der Waals surface area contributed by atoms with Gasteiger partial charge in [-0.2, -0.15) is 0 Å². The lowest BCUT2D eigenvalue weighted by atomic mass is 9.91. The predicted molar refractivity (Wildman–Crippen MR) is 342 cm³/mol. The van der Waals surface area contributed by atoms with Crippen molar-refractivity contribution in [2.24, 2.45) is 41.4 Å². The molecule has 0 rings (SSSR count). The molecule has 0 aliphatic carbocycles. The van der Waals surface area contributed by atoms with Crippen LogP contribution in [0, 0.1) is 41.4 Å². The summed E-state index contributed by atoms with van der Waals surface area (Å²) in [5, 5.41) is 23.4. The first-order valence-corrected chi connectivity index (χ1v) is 31.5. The number of carbonyl (C=O) groups excluding carboxylic acids is 11. The molecule has 0 aliphatic rings. The number of carbonyl (C=O) groups is 12. The Morgan fingerprint density at radius 3 is 1.36 bits per heavy atom. The maximum Gasteiger partial charge on any atom is 0.323 e. The van der Waals surface area contributed by atoms with E-state index in [0.717, 1.165) is 16.7 Å². The molecule has 0 saturated heterocycles. The molecule has 0 spiro atoms. The van der Waals surface area contributed by atoms with Gasteiger partial charge in [0.15, 0.2) is 0 Å². The normalized spacial score (nSPS) is 15.8. The van der Waals surface area contributed by atoms with Crippen LogP contribution in [0.1, 0.15) is 163 Å². The molecule has 0 unspecified atom stereocenters. The van der Waals surface area contributed by atoms with Gasteiger partial charge in [0.25, 0.3) is 0 Å². The van der Waals surface area contributed by atoms with Crippen molar-refractivity contribution in [2.45, 2.75) is 230 Å². The number of ether oxygens (including phenoxy) is 1. The monoisotopic (exact) mass is 1260 g/mol. The van der Waals surface area contributed by atoms with E-state index >= 15 is 14.4 Å². The van der Waals surface area contributed by atoms with E-state index in [4.69, 9.17) is 4.74 Å². The summed E-state index contributed by atoms with van der Waals surface area (Å²) in [6.45, 7) is 30.6. The molecular weight excluding hydrogens is 1150 g/mol. The lowest BCUT2D eigenvalue weighted by Gasteiger charge is -2.42. The van der Waals surface area contributed by atoms with E-state index in [1.54, 1.807) is 67.7 Å². The SMILES string of the molecule is C/C=C/C[C@@H](C)[C@@H](OC(C)=O)[C@@H](C(=O)N[C@@H](CCC)C(=O)N(C)CC(=O)O)N(C)C(=O)[C@H](C(C)C)N(C)C(=O)[C@H](CC(C)C)N(C)C(=O)[C@H](CC(C)C)N(C)C(=O)[C@H](C)NC(=O)[C@@H](C)NC(=O)[C@H](CC(C)C)N(C)C(=O)[C@@H](NC(=O)[C@@H](NC)C(C)C)C(C)C. The van der Waals surface area contributed by atoms with Crippen LogP contribution < -0.4 is 26.6 Å². The van der Waals surface area contributed by atoms with E-state index < -0.39 is 150 Å². The van der Waals surface area contributed by atoms with Gasteiger partial charge in [0.05, 0.1) is 6.04 Å². The molecule has 0 aliphatic heterocycles. The first-order valence-electron chi connectivity index (χ1n) is 31.5. The van der Waals surface area contributed by atoms with Gasteiger partial charge in [0.1, 0.15) is 67.0 Å². The number of nitrogens with zero attached hydrogens (tertiary/aromatic N) is 6. The molecule has 6 N–H and O–H groups in total. The van der Waals surface area contributed by atoms with Crippen molar-refractivity contribution in [3.8, 4) is 0 Å². The fourth-order valence-electron chi connectivity index (χ4n) is 10.8. The number of esters is 1. The zero-order valence-corrected chi connectivity index (χ0v) is 58.4. The Morgan fingerprint density at radius 2 is 0.933 bits per heavy atom. The molecule has 0 aromatic heterocycles. The number of carboxylic acids is 1. The topological polar surface area (TPSA) is 314 Å². The smallest absolute Gasteiger partial charge is 0.323 e. The molecule has 12 atom stereocenters. The highest BCUT2D eigenvalue weighted by molar-refractivity contribution is 5.99. The largest absolute Gasteiger partial charge is 0.480 e. The second kappa shape index (κ2) is 38.8. The fraction of sp³-hybridized carbons (Fsp3) is 0.781. The van der Waals surface area contributed by atoms with Crippen molar-refractivity contribution < 1.29 is 67.4 Å². The Balaban J connectivity index is 7.22. The number of aliphatic carboxylic acids is 1. The Morgan fingerprint density at radius 1 is 0.483 bits per heavy atom. The highest BCUT2D eigenvalue weighted by Crippen LogP contribution is 2.27. The van der Waals surface area contributed by atoms with Gasteiger partial charge in [-0.1, -0.05) is 116 Å². The Hall–Kier alpha value is -6.66. The third-order valence-corrected chi connectivity index (χ3v) is 15.9. The van der Waals surface area contributed by atoms with Crippen LogP contribution in [-0.4, -0.2) is 228 Å². The standard InChI is InChI=1S/C64H115N11O14/c1-26-28-30-41(15)54(89-44(18)76)53(58(82)68-45(29-27-2)60(84)70(20)34-49(77)78)75(25)64(88)52(40(13)14)74(24)62(86)48(33-37(7)8)73(23)61(85)47(32-36(5)6)72(22)59(83)43(17)67-55(79)42(16)66-56(80)46(31-35(3)4)71(21)63(87)51(39(11)12)69-57(81)50(65-19)38(9)10/h26,28,35-43,45-48,50-54,65H,27,29-34H2,1-25H3,(H,66,80)(H,67,79)(H,68,82)(H,69,81)(H,77,78)/b28-26+/t41-,42-,43+,45+,46+,47+,48+,50+,51+,52+,53+,54-/m1/s1. The summed E-state index contributed by atoms with van der Waals surface area (Å²) >= 11 is 0. The molecule has 25 heteroatoms. The van der Waals surface area contributed by atoms with Gasteiger partial charge in [-0.3, -0.25) is 57.5 Å². The van der Waals surface area contributed by atoms with E-state index in [0.29, 0.717) is 12.8 Å². The number of rotatable bonds is 38. The molecule has 0 aromatic carbocycles. The zero-order chi connectivity index (χ0) is 69.4.